The van der Waals surface area contributed by atoms with Gasteiger partial charge in [0.2, 0.25) is 5.91 Å². The van der Waals surface area contributed by atoms with Crippen LogP contribution in [0.5, 0.6) is 0 Å². The van der Waals surface area contributed by atoms with Crippen LogP contribution in [0.15, 0.2) is 29.2 Å². The molecule has 0 spiro atoms. The summed E-state index contributed by atoms with van der Waals surface area (Å²) in [5, 5.41) is 3.05. The number of amides is 1. The van der Waals surface area contributed by atoms with Crippen molar-refractivity contribution < 1.29 is 17.9 Å². The summed E-state index contributed by atoms with van der Waals surface area (Å²) < 4.78 is 29.5. The Hall–Kier alpha value is -1.11. The first-order valence-corrected chi connectivity index (χ1v) is 9.33. The monoisotopic (exact) mass is 345 g/mol. The molecule has 1 aromatic rings. The average Bonchev–Trinajstić information content (AvgIpc) is 3.26. The van der Waals surface area contributed by atoms with Gasteiger partial charge in [0.05, 0.1) is 4.90 Å². The van der Waals surface area contributed by atoms with Gasteiger partial charge in [0.1, 0.15) is 5.75 Å². The molecule has 22 heavy (non-hydrogen) atoms. The molecule has 0 heterocycles. The van der Waals surface area contributed by atoms with E-state index in [9.17, 15) is 13.2 Å². The van der Waals surface area contributed by atoms with E-state index in [1.54, 1.807) is 0 Å². The van der Waals surface area contributed by atoms with Crippen molar-refractivity contribution in [1.29, 1.82) is 0 Å². The van der Waals surface area contributed by atoms with Gasteiger partial charge in [-0.1, -0.05) is 11.6 Å². The van der Waals surface area contributed by atoms with E-state index in [1.807, 2.05) is 0 Å². The molecule has 0 aliphatic heterocycles. The SMILES string of the molecule is O=C(CS(=O)(=O)c1ccc(Cl)cc1)NCCCOCC1CC1. The van der Waals surface area contributed by atoms with Crippen LogP contribution in [-0.2, 0) is 19.4 Å². The van der Waals surface area contributed by atoms with Crippen LogP contribution < -0.4 is 5.32 Å². The van der Waals surface area contributed by atoms with Gasteiger partial charge in [-0.25, -0.2) is 8.42 Å². The summed E-state index contributed by atoms with van der Waals surface area (Å²) >= 11 is 5.72. The molecule has 1 aromatic carbocycles. The lowest BCUT2D eigenvalue weighted by Gasteiger charge is -2.07. The van der Waals surface area contributed by atoms with Gasteiger partial charge >= 0.3 is 0 Å². The van der Waals surface area contributed by atoms with Crippen LogP contribution >= 0.6 is 11.6 Å². The molecule has 0 radical (unpaired) electrons. The second-order valence-corrected chi connectivity index (χ2v) is 7.86. The van der Waals surface area contributed by atoms with Gasteiger partial charge < -0.3 is 10.1 Å². The standard InChI is InChI=1S/C15H20ClNO4S/c16-13-4-6-14(7-5-13)22(19,20)11-15(18)17-8-1-9-21-10-12-2-3-12/h4-7,12H,1-3,8-11H2,(H,17,18). The minimum Gasteiger partial charge on any atom is -0.381 e. The Morgan fingerprint density at radius 3 is 2.59 bits per heavy atom. The van der Waals surface area contributed by atoms with Gasteiger partial charge in [-0.2, -0.15) is 0 Å². The average molecular weight is 346 g/mol. The van der Waals surface area contributed by atoms with Crippen LogP contribution in [-0.4, -0.2) is 39.8 Å². The van der Waals surface area contributed by atoms with Crippen LogP contribution in [0.25, 0.3) is 0 Å². The quantitative estimate of drug-likeness (QED) is 0.695. The van der Waals surface area contributed by atoms with Crippen molar-refractivity contribution in [2.24, 2.45) is 5.92 Å². The zero-order valence-electron chi connectivity index (χ0n) is 12.3. The molecular formula is C15H20ClNO4S. The zero-order chi connectivity index (χ0) is 16.0. The number of hydrogen-bond acceptors (Lipinski definition) is 4. The second kappa shape index (κ2) is 7.94. The Morgan fingerprint density at radius 2 is 1.95 bits per heavy atom. The fourth-order valence-electron chi connectivity index (χ4n) is 1.89. The van der Waals surface area contributed by atoms with Crippen molar-refractivity contribution in [2.75, 3.05) is 25.5 Å². The third kappa shape index (κ3) is 5.94. The highest BCUT2D eigenvalue weighted by Gasteiger charge is 2.21. The molecule has 0 bridgehead atoms. The van der Waals surface area contributed by atoms with Crippen molar-refractivity contribution in [1.82, 2.24) is 5.32 Å². The number of carbonyl (C=O) groups excluding carboxylic acids is 1. The molecule has 5 nitrogen and oxygen atoms in total. The Kier molecular flexibility index (Phi) is 6.23. The molecule has 1 saturated carbocycles. The Labute approximate surface area is 135 Å². The molecule has 1 amide bonds. The maximum atomic E-state index is 12.0. The van der Waals surface area contributed by atoms with Gasteiger partial charge in [0, 0.05) is 24.8 Å². The molecule has 7 heteroatoms. The minimum absolute atomic E-state index is 0.0971. The van der Waals surface area contributed by atoms with Crippen molar-refractivity contribution in [2.45, 2.75) is 24.2 Å². The van der Waals surface area contributed by atoms with Crippen molar-refractivity contribution >= 4 is 27.3 Å². The Balaban J connectivity index is 1.67. The first kappa shape index (κ1) is 17.2. The van der Waals surface area contributed by atoms with E-state index < -0.39 is 21.5 Å². The van der Waals surface area contributed by atoms with Crippen molar-refractivity contribution in [3.63, 3.8) is 0 Å². The van der Waals surface area contributed by atoms with Crippen molar-refractivity contribution in [3.8, 4) is 0 Å². The molecule has 122 valence electrons. The normalized spacial score (nSPS) is 14.8. The first-order valence-electron chi connectivity index (χ1n) is 7.30. The summed E-state index contributed by atoms with van der Waals surface area (Å²) in [6.07, 6.45) is 3.18. The Bertz CT molecular complexity index is 596. The van der Waals surface area contributed by atoms with Crippen LogP contribution in [0.2, 0.25) is 5.02 Å². The summed E-state index contributed by atoms with van der Waals surface area (Å²) in [6, 6.07) is 5.78. The third-order valence-electron chi connectivity index (χ3n) is 3.33. The van der Waals surface area contributed by atoms with Crippen LogP contribution in [0.1, 0.15) is 19.3 Å². The molecule has 0 atom stereocenters. The van der Waals surface area contributed by atoms with Gasteiger partial charge in [0.25, 0.3) is 0 Å². The maximum absolute atomic E-state index is 12.0. The predicted molar refractivity (Wildman–Crippen MR) is 84.7 cm³/mol. The number of benzene rings is 1. The second-order valence-electron chi connectivity index (χ2n) is 5.43. The van der Waals surface area contributed by atoms with E-state index >= 15 is 0 Å². The number of rotatable bonds is 9. The number of sulfone groups is 1. The summed E-state index contributed by atoms with van der Waals surface area (Å²) in [6.45, 7) is 1.79. The topological polar surface area (TPSA) is 72.5 Å². The molecule has 2 rings (SSSR count). The van der Waals surface area contributed by atoms with E-state index in [2.05, 4.69) is 5.32 Å². The highest BCUT2D eigenvalue weighted by Crippen LogP contribution is 2.28. The van der Waals surface area contributed by atoms with Gasteiger partial charge in [-0.05, 0) is 49.4 Å². The molecule has 0 saturated heterocycles. The van der Waals surface area contributed by atoms with E-state index in [0.717, 1.165) is 12.5 Å². The largest absolute Gasteiger partial charge is 0.381 e. The number of carbonyl (C=O) groups is 1. The highest BCUT2D eigenvalue weighted by molar-refractivity contribution is 7.92. The van der Waals surface area contributed by atoms with Gasteiger partial charge in [-0.15, -0.1) is 0 Å². The minimum atomic E-state index is -3.63. The van der Waals surface area contributed by atoms with Crippen molar-refractivity contribution in [3.05, 3.63) is 29.3 Å². The lowest BCUT2D eigenvalue weighted by molar-refractivity contribution is -0.118. The third-order valence-corrected chi connectivity index (χ3v) is 5.22. The highest BCUT2D eigenvalue weighted by atomic mass is 35.5. The summed E-state index contributed by atoms with van der Waals surface area (Å²) in [5.74, 6) is -0.339. The number of ether oxygens (including phenoxy) is 1. The first-order chi connectivity index (χ1) is 10.5. The summed E-state index contributed by atoms with van der Waals surface area (Å²) in [4.78, 5) is 11.8. The molecular weight excluding hydrogens is 326 g/mol. The zero-order valence-corrected chi connectivity index (χ0v) is 13.8. The molecule has 1 N–H and O–H groups in total. The van der Waals surface area contributed by atoms with E-state index in [4.69, 9.17) is 16.3 Å². The summed E-state index contributed by atoms with van der Waals surface area (Å²) in [7, 11) is -3.63. The van der Waals surface area contributed by atoms with Gasteiger partial charge in [-0.3, -0.25) is 4.79 Å². The maximum Gasteiger partial charge on any atom is 0.235 e. The van der Waals surface area contributed by atoms with Gasteiger partial charge in [0.15, 0.2) is 9.84 Å². The van der Waals surface area contributed by atoms with E-state index in [1.165, 1.54) is 37.1 Å². The van der Waals surface area contributed by atoms with Crippen LogP contribution in [0.3, 0.4) is 0 Å². The molecule has 0 aromatic heterocycles. The predicted octanol–water partition coefficient (Wildman–Crippen LogP) is 2.05. The Morgan fingerprint density at radius 1 is 1.27 bits per heavy atom. The number of hydrogen-bond donors (Lipinski definition) is 1. The van der Waals surface area contributed by atoms with Crippen LogP contribution in [0.4, 0.5) is 0 Å². The van der Waals surface area contributed by atoms with E-state index in [-0.39, 0.29) is 4.90 Å². The smallest absolute Gasteiger partial charge is 0.235 e. The fraction of sp³-hybridized carbons (Fsp3) is 0.533. The number of halogens is 1. The number of nitrogens with one attached hydrogen (secondary N) is 1. The molecule has 0 unspecified atom stereocenters. The molecule has 1 aliphatic rings. The lowest BCUT2D eigenvalue weighted by atomic mass is 10.4. The lowest BCUT2D eigenvalue weighted by Crippen LogP contribution is -2.31. The summed E-state index contributed by atoms with van der Waals surface area (Å²) in [5.41, 5.74) is 0. The van der Waals surface area contributed by atoms with E-state index in [0.29, 0.717) is 24.6 Å². The fourth-order valence-corrected chi connectivity index (χ4v) is 3.18. The molecule has 1 aliphatic carbocycles. The molecule has 1 fully saturated rings. The van der Waals surface area contributed by atoms with Crippen LogP contribution in [0, 0.1) is 5.92 Å².